The molecule has 17 heavy (non-hydrogen) atoms. The summed E-state index contributed by atoms with van der Waals surface area (Å²) in [5, 5.41) is 3.29. The molecule has 1 atom stereocenters. The third kappa shape index (κ3) is 4.25. The number of nitrogens with one attached hydrogen (secondary N) is 1. The van der Waals surface area contributed by atoms with Gasteiger partial charge in [-0.2, -0.15) is 0 Å². The molecule has 0 radical (unpaired) electrons. The van der Waals surface area contributed by atoms with Crippen molar-refractivity contribution in [3.8, 4) is 0 Å². The van der Waals surface area contributed by atoms with Crippen LogP contribution in [0, 0.1) is 0 Å². The van der Waals surface area contributed by atoms with Gasteiger partial charge in [0.1, 0.15) is 0 Å². The molecule has 1 aromatic carbocycles. The van der Waals surface area contributed by atoms with Crippen LogP contribution in [-0.2, 0) is 6.54 Å². The maximum Gasteiger partial charge on any atom is 0.0237 e. The summed E-state index contributed by atoms with van der Waals surface area (Å²) in [5.41, 5.74) is 1.40. The van der Waals surface area contributed by atoms with Crippen molar-refractivity contribution < 1.29 is 0 Å². The number of halogens is 2. The summed E-state index contributed by atoms with van der Waals surface area (Å²) in [5.74, 6) is 0. The van der Waals surface area contributed by atoms with E-state index in [0.29, 0.717) is 6.04 Å². The number of likely N-dealkylation sites (N-methyl/N-ethyl adjacent to an activating group) is 1. The molecule has 1 aliphatic heterocycles. The third-order valence-electron chi connectivity index (χ3n) is 3.21. The van der Waals surface area contributed by atoms with Crippen molar-refractivity contribution in [1.29, 1.82) is 0 Å². The molecule has 2 nitrogen and oxygen atoms in total. The second-order valence-electron chi connectivity index (χ2n) is 4.45. The largest absolute Gasteiger partial charge is 0.318 e. The molecule has 0 aromatic heterocycles. The summed E-state index contributed by atoms with van der Waals surface area (Å²) in [6, 6.07) is 9.33. The molecule has 0 aliphatic carbocycles. The van der Waals surface area contributed by atoms with Gasteiger partial charge in [0.15, 0.2) is 0 Å². The molecule has 1 unspecified atom stereocenters. The van der Waals surface area contributed by atoms with E-state index in [4.69, 9.17) is 0 Å². The van der Waals surface area contributed by atoms with Crippen LogP contribution in [0.5, 0.6) is 0 Å². The molecule has 1 aliphatic rings. The van der Waals surface area contributed by atoms with Crippen LogP contribution in [0.3, 0.4) is 0 Å². The van der Waals surface area contributed by atoms with Gasteiger partial charge in [0.05, 0.1) is 0 Å². The van der Waals surface area contributed by atoms with Crippen molar-refractivity contribution >= 4 is 28.3 Å². The molecule has 1 N–H and O–H groups in total. The van der Waals surface area contributed by atoms with Crippen LogP contribution in [0.1, 0.15) is 18.4 Å². The quantitative estimate of drug-likeness (QED) is 0.917. The molecule has 96 valence electrons. The number of benzene rings is 1. The van der Waals surface area contributed by atoms with Crippen LogP contribution in [0.15, 0.2) is 28.7 Å². The summed E-state index contributed by atoms with van der Waals surface area (Å²) in [6.07, 6.45) is 2.66. The van der Waals surface area contributed by atoms with Crippen LogP contribution >= 0.6 is 28.3 Å². The Hall–Kier alpha value is -0.0900. The molecule has 1 saturated heterocycles. The Morgan fingerprint density at radius 3 is 3.00 bits per heavy atom. The SMILES string of the molecule is CNCC1CCCN1Cc1cccc(Br)c1.Cl. The number of likely N-dealkylation sites (tertiary alicyclic amines) is 1. The lowest BCUT2D eigenvalue weighted by Crippen LogP contribution is -2.36. The molecule has 0 bridgehead atoms. The Morgan fingerprint density at radius 1 is 1.47 bits per heavy atom. The topological polar surface area (TPSA) is 15.3 Å². The van der Waals surface area contributed by atoms with Crippen molar-refractivity contribution in [3.05, 3.63) is 34.3 Å². The minimum Gasteiger partial charge on any atom is -0.318 e. The van der Waals surface area contributed by atoms with Crippen LogP contribution in [0.2, 0.25) is 0 Å². The molecule has 1 fully saturated rings. The number of rotatable bonds is 4. The van der Waals surface area contributed by atoms with Crippen LogP contribution < -0.4 is 5.32 Å². The van der Waals surface area contributed by atoms with E-state index in [0.717, 1.165) is 13.1 Å². The number of hydrogen-bond donors (Lipinski definition) is 1. The summed E-state index contributed by atoms with van der Waals surface area (Å²) >= 11 is 3.53. The number of hydrogen-bond acceptors (Lipinski definition) is 2. The highest BCUT2D eigenvalue weighted by Gasteiger charge is 2.23. The second kappa shape index (κ2) is 7.37. The van der Waals surface area contributed by atoms with Crippen LogP contribution in [-0.4, -0.2) is 31.1 Å². The van der Waals surface area contributed by atoms with Crippen LogP contribution in [0.25, 0.3) is 0 Å². The van der Waals surface area contributed by atoms with E-state index >= 15 is 0 Å². The van der Waals surface area contributed by atoms with Gasteiger partial charge in [-0.05, 0) is 44.1 Å². The van der Waals surface area contributed by atoms with E-state index in [1.807, 2.05) is 7.05 Å². The monoisotopic (exact) mass is 318 g/mol. The lowest BCUT2D eigenvalue weighted by Gasteiger charge is -2.24. The molecule has 0 saturated carbocycles. The van der Waals surface area contributed by atoms with Gasteiger partial charge in [0.25, 0.3) is 0 Å². The van der Waals surface area contributed by atoms with Gasteiger partial charge in [-0.15, -0.1) is 12.4 Å². The first-order chi connectivity index (χ1) is 7.79. The fourth-order valence-corrected chi connectivity index (χ4v) is 2.89. The van der Waals surface area contributed by atoms with Crippen molar-refractivity contribution in [2.75, 3.05) is 20.1 Å². The van der Waals surface area contributed by atoms with Gasteiger partial charge in [-0.25, -0.2) is 0 Å². The van der Waals surface area contributed by atoms with Gasteiger partial charge in [0.2, 0.25) is 0 Å². The van der Waals surface area contributed by atoms with Crippen molar-refractivity contribution in [2.24, 2.45) is 0 Å². The normalized spacial score (nSPS) is 20.2. The lowest BCUT2D eigenvalue weighted by atomic mass is 10.2. The second-order valence-corrected chi connectivity index (χ2v) is 5.37. The Morgan fingerprint density at radius 2 is 2.29 bits per heavy atom. The maximum atomic E-state index is 3.53. The summed E-state index contributed by atoms with van der Waals surface area (Å²) in [4.78, 5) is 2.58. The van der Waals surface area contributed by atoms with E-state index in [-0.39, 0.29) is 12.4 Å². The average molecular weight is 320 g/mol. The van der Waals surface area contributed by atoms with Crippen LogP contribution in [0.4, 0.5) is 0 Å². The summed E-state index contributed by atoms with van der Waals surface area (Å²) < 4.78 is 1.18. The number of nitrogens with zero attached hydrogens (tertiary/aromatic N) is 1. The van der Waals surface area contributed by atoms with Gasteiger partial charge in [0, 0.05) is 23.6 Å². The van der Waals surface area contributed by atoms with E-state index in [1.165, 1.54) is 29.4 Å². The van der Waals surface area contributed by atoms with E-state index in [2.05, 4.69) is 50.4 Å². The fourth-order valence-electron chi connectivity index (χ4n) is 2.44. The summed E-state index contributed by atoms with van der Waals surface area (Å²) in [7, 11) is 2.04. The average Bonchev–Trinajstić information content (AvgIpc) is 2.66. The highest BCUT2D eigenvalue weighted by Crippen LogP contribution is 2.21. The van der Waals surface area contributed by atoms with E-state index in [1.54, 1.807) is 0 Å². The highest BCUT2D eigenvalue weighted by atomic mass is 79.9. The minimum absolute atomic E-state index is 0. The molecular weight excluding hydrogens is 300 g/mol. The first-order valence-corrected chi connectivity index (χ1v) is 6.72. The zero-order valence-corrected chi connectivity index (χ0v) is 12.6. The molecule has 4 heteroatoms. The molecular formula is C13H20BrClN2. The smallest absolute Gasteiger partial charge is 0.0237 e. The summed E-state index contributed by atoms with van der Waals surface area (Å²) in [6.45, 7) is 3.42. The van der Waals surface area contributed by atoms with Gasteiger partial charge in [-0.3, -0.25) is 4.90 Å². The van der Waals surface area contributed by atoms with Crippen molar-refractivity contribution in [1.82, 2.24) is 10.2 Å². The maximum absolute atomic E-state index is 3.53. The highest BCUT2D eigenvalue weighted by molar-refractivity contribution is 9.10. The lowest BCUT2D eigenvalue weighted by molar-refractivity contribution is 0.242. The first kappa shape index (κ1) is 15.0. The first-order valence-electron chi connectivity index (χ1n) is 5.92. The Kier molecular flexibility index (Phi) is 6.49. The Bertz CT molecular complexity index is 346. The molecule has 0 spiro atoms. The minimum atomic E-state index is 0. The predicted octanol–water partition coefficient (Wildman–Crippen LogP) is 3.05. The van der Waals surface area contributed by atoms with Gasteiger partial charge < -0.3 is 5.32 Å². The predicted molar refractivity (Wildman–Crippen MR) is 78.7 cm³/mol. The molecule has 2 rings (SSSR count). The fraction of sp³-hybridized carbons (Fsp3) is 0.538. The Labute approximate surface area is 118 Å². The molecule has 0 amide bonds. The Balaban J connectivity index is 0.00000144. The van der Waals surface area contributed by atoms with Crippen molar-refractivity contribution in [2.45, 2.75) is 25.4 Å². The van der Waals surface area contributed by atoms with Gasteiger partial charge >= 0.3 is 0 Å². The van der Waals surface area contributed by atoms with E-state index < -0.39 is 0 Å². The zero-order chi connectivity index (χ0) is 11.4. The molecule has 1 aromatic rings. The molecule has 1 heterocycles. The van der Waals surface area contributed by atoms with Gasteiger partial charge in [-0.1, -0.05) is 28.1 Å². The standard InChI is InChI=1S/C13H19BrN2.ClH/c1-15-9-13-6-3-7-16(13)10-11-4-2-5-12(14)8-11;/h2,4-5,8,13,15H,3,6-7,9-10H2,1H3;1H. The third-order valence-corrected chi connectivity index (χ3v) is 3.71. The zero-order valence-electron chi connectivity index (χ0n) is 10.2. The van der Waals surface area contributed by atoms with Crippen molar-refractivity contribution in [3.63, 3.8) is 0 Å². The van der Waals surface area contributed by atoms with E-state index in [9.17, 15) is 0 Å².